The van der Waals surface area contributed by atoms with Gasteiger partial charge in [0, 0.05) is 6.54 Å². The van der Waals surface area contributed by atoms with Gasteiger partial charge in [0.25, 0.3) is 0 Å². The van der Waals surface area contributed by atoms with Crippen molar-refractivity contribution in [2.45, 2.75) is 31.3 Å². The average Bonchev–Trinajstić information content (AvgIpc) is 2.56. The molecular weight excluding hydrogens is 314 g/mol. The maximum absolute atomic E-state index is 12.2. The summed E-state index contributed by atoms with van der Waals surface area (Å²) >= 11 is 0. The summed E-state index contributed by atoms with van der Waals surface area (Å²) in [6.45, 7) is 0.260. The molecule has 0 fully saturated rings. The van der Waals surface area contributed by atoms with Gasteiger partial charge in [0.15, 0.2) is 5.96 Å². The van der Waals surface area contributed by atoms with Gasteiger partial charge in [-0.15, -0.1) is 0 Å². The zero-order valence-corrected chi connectivity index (χ0v) is 13.1. The van der Waals surface area contributed by atoms with E-state index in [2.05, 4.69) is 16.0 Å². The highest BCUT2D eigenvalue weighted by Crippen LogP contribution is 2.11. The number of aliphatic imine (C=N–C) groups is 1. The number of phenols is 1. The van der Waals surface area contributed by atoms with E-state index in [4.69, 9.17) is 12.9 Å². The number of benzene rings is 1. The van der Waals surface area contributed by atoms with Crippen molar-refractivity contribution < 1.29 is 21.2 Å². The van der Waals surface area contributed by atoms with Crippen molar-refractivity contribution in [1.29, 1.82) is 0 Å². The quantitative estimate of drug-likeness (QED) is 0.178. The molecule has 24 heavy (non-hydrogen) atoms. The van der Waals surface area contributed by atoms with E-state index in [-0.39, 0.29) is 31.1 Å². The topological polar surface area (TPSA) is 177 Å². The van der Waals surface area contributed by atoms with Gasteiger partial charge in [0.1, 0.15) is 13.2 Å². The molecule has 1 amide bonds. The Bertz CT molecular complexity index is 604. The molecule has 9 heteroatoms. The Hall–Kier alpha value is -2.81. The van der Waals surface area contributed by atoms with E-state index in [9.17, 15) is 19.8 Å². The van der Waals surface area contributed by atoms with Crippen molar-refractivity contribution in [2.75, 3.05) is 6.54 Å². The molecule has 9 N–H and O–H groups in total. The first-order valence-electron chi connectivity index (χ1n) is 7.87. The number of nitrogens with zero attached hydrogens (tertiary/aromatic N) is 1. The van der Waals surface area contributed by atoms with E-state index >= 15 is 0 Å². The normalized spacial score (nSPS) is 13.4. The molecule has 0 aliphatic rings. The van der Waals surface area contributed by atoms with Crippen LogP contribution >= 0.6 is 0 Å². The molecule has 0 aliphatic carbocycles. The Morgan fingerprint density at radius 3 is 2.50 bits per heavy atom. The zero-order chi connectivity index (χ0) is 18.8. The highest BCUT2D eigenvalue weighted by atomic mass is 16.4. The SMILES string of the molecule is [2H]N[C@H](Cc1ccc(O)cc1)C(=O)N[C@@H](CCCN=C(N)N)C(=O)O. The number of nitrogens with one attached hydrogen (secondary N) is 1. The van der Waals surface area contributed by atoms with E-state index in [0.29, 0.717) is 6.42 Å². The van der Waals surface area contributed by atoms with E-state index in [0.717, 1.165) is 5.56 Å². The minimum Gasteiger partial charge on any atom is -0.508 e. The number of carbonyl (C=O) groups excluding carboxylic acids is 1. The van der Waals surface area contributed by atoms with Crippen LogP contribution in [0.2, 0.25) is 1.41 Å². The molecule has 0 bridgehead atoms. The fraction of sp³-hybridized carbons (Fsp3) is 0.400. The Morgan fingerprint density at radius 1 is 1.29 bits per heavy atom. The lowest BCUT2D eigenvalue weighted by Gasteiger charge is -2.17. The maximum Gasteiger partial charge on any atom is 0.326 e. The zero-order valence-electron chi connectivity index (χ0n) is 14.1. The molecule has 0 saturated heterocycles. The van der Waals surface area contributed by atoms with Gasteiger partial charge in [-0.05, 0) is 37.0 Å². The Kier molecular flexibility index (Phi) is 6.84. The number of carbonyl (C=O) groups is 2. The number of hydrogen-bond donors (Lipinski definition) is 6. The second-order valence-electron chi connectivity index (χ2n) is 5.27. The average molecular weight is 338 g/mol. The van der Waals surface area contributed by atoms with Crippen molar-refractivity contribution in [3.63, 3.8) is 0 Å². The molecule has 132 valence electrons. The van der Waals surface area contributed by atoms with Gasteiger partial charge in [0.2, 0.25) is 5.91 Å². The molecule has 1 rings (SSSR count). The van der Waals surface area contributed by atoms with Crippen LogP contribution in [0.1, 0.15) is 18.4 Å². The van der Waals surface area contributed by atoms with Gasteiger partial charge in [0.05, 0.1) is 6.04 Å². The Balaban J connectivity index is 2.61. The first-order valence-corrected chi connectivity index (χ1v) is 7.37. The highest BCUT2D eigenvalue weighted by Gasteiger charge is 2.23. The fourth-order valence-corrected chi connectivity index (χ4v) is 1.99. The lowest BCUT2D eigenvalue weighted by Crippen LogP contribution is -2.49. The second-order valence-corrected chi connectivity index (χ2v) is 5.27. The lowest BCUT2D eigenvalue weighted by molar-refractivity contribution is -0.142. The number of rotatable bonds is 10. The van der Waals surface area contributed by atoms with Crippen LogP contribution in [-0.4, -0.2) is 46.7 Å². The molecule has 9 nitrogen and oxygen atoms in total. The molecule has 0 saturated carbocycles. The largest absolute Gasteiger partial charge is 0.508 e. The van der Waals surface area contributed by atoms with Crippen molar-refractivity contribution in [3.8, 4) is 5.75 Å². The predicted octanol–water partition coefficient (Wildman–Crippen LogP) is -1.11. The summed E-state index contributed by atoms with van der Waals surface area (Å²) in [7, 11) is 0. The lowest BCUT2D eigenvalue weighted by atomic mass is 10.0. The smallest absolute Gasteiger partial charge is 0.326 e. The molecule has 0 aromatic heterocycles. The van der Waals surface area contributed by atoms with Crippen LogP contribution in [-0.2, 0) is 16.0 Å². The van der Waals surface area contributed by atoms with E-state index in [1.54, 1.807) is 12.1 Å². The summed E-state index contributed by atoms with van der Waals surface area (Å²) in [5, 5.41) is 20.9. The predicted molar refractivity (Wildman–Crippen MR) is 89.3 cm³/mol. The number of amides is 1. The molecule has 1 aromatic rings. The van der Waals surface area contributed by atoms with Crippen LogP contribution in [0, 0.1) is 0 Å². The van der Waals surface area contributed by atoms with Gasteiger partial charge in [-0.3, -0.25) is 9.79 Å². The van der Waals surface area contributed by atoms with Crippen molar-refractivity contribution in [1.82, 2.24) is 5.32 Å². The summed E-state index contributed by atoms with van der Waals surface area (Å²) in [4.78, 5) is 27.3. The van der Waals surface area contributed by atoms with Crippen molar-refractivity contribution >= 4 is 17.8 Å². The number of hydrogen-bond acceptors (Lipinski definition) is 5. The number of aliphatic carboxylic acids is 1. The molecule has 0 heterocycles. The Morgan fingerprint density at radius 2 is 1.96 bits per heavy atom. The monoisotopic (exact) mass is 338 g/mol. The summed E-state index contributed by atoms with van der Waals surface area (Å²) in [6, 6.07) is 4.16. The molecule has 0 spiro atoms. The van der Waals surface area contributed by atoms with Gasteiger partial charge < -0.3 is 32.7 Å². The molecular formula is C15H23N5O4. The number of carboxylic acid groups (broad SMARTS) is 1. The summed E-state index contributed by atoms with van der Waals surface area (Å²) in [5.74, 6) is -1.76. The van der Waals surface area contributed by atoms with Crippen LogP contribution in [0.5, 0.6) is 5.75 Å². The van der Waals surface area contributed by atoms with E-state index in [1.165, 1.54) is 12.1 Å². The van der Waals surface area contributed by atoms with Crippen LogP contribution in [0.3, 0.4) is 0 Å². The van der Waals surface area contributed by atoms with Gasteiger partial charge in [-0.1, -0.05) is 12.1 Å². The molecule has 1 aromatic carbocycles. The van der Waals surface area contributed by atoms with Crippen LogP contribution < -0.4 is 22.5 Å². The number of aromatic hydroxyl groups is 1. The van der Waals surface area contributed by atoms with Crippen molar-refractivity contribution in [3.05, 3.63) is 29.8 Å². The third-order valence-electron chi connectivity index (χ3n) is 3.25. The number of guanidine groups is 1. The Labute approximate surface area is 141 Å². The second kappa shape index (κ2) is 9.36. The molecule has 0 radical (unpaired) electrons. The summed E-state index contributed by atoms with van der Waals surface area (Å²) in [6.07, 6.45) is 0.712. The molecule has 0 unspecified atom stereocenters. The van der Waals surface area contributed by atoms with Crippen LogP contribution in [0.4, 0.5) is 0 Å². The first kappa shape index (κ1) is 17.5. The number of phenolic OH excluding ortho intramolecular Hbond substituents is 1. The third kappa shape index (κ3) is 6.97. The minimum absolute atomic E-state index is 0.0803. The van der Waals surface area contributed by atoms with Gasteiger partial charge >= 0.3 is 5.97 Å². The van der Waals surface area contributed by atoms with Gasteiger partial charge in [-0.2, -0.15) is 0 Å². The summed E-state index contributed by atoms with van der Waals surface area (Å²) in [5.41, 5.74) is 13.2. The van der Waals surface area contributed by atoms with Crippen LogP contribution in [0.25, 0.3) is 0 Å². The van der Waals surface area contributed by atoms with Crippen molar-refractivity contribution in [2.24, 2.45) is 22.2 Å². The van der Waals surface area contributed by atoms with Gasteiger partial charge in [-0.25, -0.2) is 4.79 Å². The van der Waals surface area contributed by atoms with E-state index in [1.807, 2.05) is 0 Å². The van der Waals surface area contributed by atoms with Crippen LogP contribution in [0.15, 0.2) is 29.3 Å². The number of nitrogens with two attached hydrogens (primary N) is 3. The molecule has 0 aliphatic heterocycles. The standard InChI is InChI=1S/C15H23N5O4/c16-11(8-9-3-5-10(21)6-4-9)13(22)20-12(14(23)24)2-1-7-19-15(17)18/h3-6,11-12,21H,1-2,7-8,16H2,(H,20,22)(H,23,24)(H4,17,18,19)/t11-,12+/m1/s1/i/hD. The highest BCUT2D eigenvalue weighted by molar-refractivity contribution is 5.87. The number of carboxylic acids is 1. The first-order chi connectivity index (χ1) is 11.8. The molecule has 2 atom stereocenters. The third-order valence-corrected chi connectivity index (χ3v) is 3.25. The summed E-state index contributed by atoms with van der Waals surface area (Å²) < 4.78 is 7.30. The fourth-order valence-electron chi connectivity index (χ4n) is 1.99. The van der Waals surface area contributed by atoms with E-state index < -0.39 is 24.0 Å². The minimum atomic E-state index is -1.17. The maximum atomic E-state index is 12.2.